The van der Waals surface area contributed by atoms with E-state index in [4.69, 9.17) is 0 Å². The van der Waals surface area contributed by atoms with Gasteiger partial charge in [-0.25, -0.2) is 4.98 Å². The standard InChI is InChI=1S/C17H19F3N4/c1-11-9-15(22-13-6-2-3-7-13)24-16(21-11)23-14-8-4-5-12(10-14)17(18,19)20/h4-5,8-10,13H,2-3,6-7H2,1H3,(H2,21,22,23,24). The van der Waals surface area contributed by atoms with Crippen molar-refractivity contribution in [2.75, 3.05) is 10.6 Å². The van der Waals surface area contributed by atoms with Crippen LogP contribution in [-0.4, -0.2) is 16.0 Å². The highest BCUT2D eigenvalue weighted by atomic mass is 19.4. The Kier molecular flexibility index (Phi) is 4.59. The van der Waals surface area contributed by atoms with Crippen LogP contribution in [0.5, 0.6) is 0 Å². The maximum absolute atomic E-state index is 12.8. The average molecular weight is 336 g/mol. The maximum Gasteiger partial charge on any atom is 0.416 e. The van der Waals surface area contributed by atoms with E-state index in [-0.39, 0.29) is 5.95 Å². The molecule has 1 aromatic heterocycles. The first-order valence-corrected chi connectivity index (χ1v) is 7.97. The Morgan fingerprint density at radius 1 is 1.08 bits per heavy atom. The summed E-state index contributed by atoms with van der Waals surface area (Å²) < 4.78 is 38.4. The molecule has 3 rings (SSSR count). The van der Waals surface area contributed by atoms with Crippen molar-refractivity contribution in [3.05, 3.63) is 41.6 Å². The number of aryl methyl sites for hydroxylation is 1. The van der Waals surface area contributed by atoms with E-state index in [0.717, 1.165) is 30.7 Å². The minimum atomic E-state index is -4.37. The van der Waals surface area contributed by atoms with Crippen molar-refractivity contribution in [2.24, 2.45) is 0 Å². The van der Waals surface area contributed by atoms with Crippen LogP contribution in [0.1, 0.15) is 36.9 Å². The van der Waals surface area contributed by atoms with Crippen LogP contribution in [0.3, 0.4) is 0 Å². The molecule has 1 heterocycles. The molecule has 1 fully saturated rings. The number of benzene rings is 1. The molecule has 0 atom stereocenters. The molecule has 128 valence electrons. The second-order valence-corrected chi connectivity index (χ2v) is 6.05. The van der Waals surface area contributed by atoms with Crippen LogP contribution in [0.15, 0.2) is 30.3 Å². The molecule has 1 aromatic carbocycles. The molecular formula is C17H19F3N4. The van der Waals surface area contributed by atoms with Crippen molar-refractivity contribution in [1.29, 1.82) is 0 Å². The second-order valence-electron chi connectivity index (χ2n) is 6.05. The van der Waals surface area contributed by atoms with E-state index in [0.29, 0.717) is 17.5 Å². The van der Waals surface area contributed by atoms with Crippen LogP contribution in [-0.2, 0) is 6.18 Å². The highest BCUT2D eigenvalue weighted by Crippen LogP contribution is 2.31. The monoisotopic (exact) mass is 336 g/mol. The first-order valence-electron chi connectivity index (χ1n) is 7.97. The molecule has 4 nitrogen and oxygen atoms in total. The molecule has 24 heavy (non-hydrogen) atoms. The normalized spacial score (nSPS) is 15.5. The van der Waals surface area contributed by atoms with Crippen molar-refractivity contribution in [3.8, 4) is 0 Å². The number of alkyl halides is 3. The summed E-state index contributed by atoms with van der Waals surface area (Å²) >= 11 is 0. The molecule has 2 N–H and O–H groups in total. The van der Waals surface area contributed by atoms with Gasteiger partial charge in [-0.1, -0.05) is 18.9 Å². The SMILES string of the molecule is Cc1cc(NC2CCCC2)nc(Nc2cccc(C(F)(F)F)c2)n1. The molecule has 1 saturated carbocycles. The van der Waals surface area contributed by atoms with Gasteiger partial charge >= 0.3 is 6.18 Å². The molecule has 0 saturated heterocycles. The molecular weight excluding hydrogens is 317 g/mol. The van der Waals surface area contributed by atoms with E-state index in [2.05, 4.69) is 20.6 Å². The van der Waals surface area contributed by atoms with Gasteiger partial charge in [-0.05, 0) is 38.0 Å². The van der Waals surface area contributed by atoms with Crippen LogP contribution < -0.4 is 10.6 Å². The summed E-state index contributed by atoms with van der Waals surface area (Å²) in [5.41, 5.74) is 0.353. The quantitative estimate of drug-likeness (QED) is 0.833. The molecule has 7 heteroatoms. The minimum Gasteiger partial charge on any atom is -0.367 e. The molecule has 1 aliphatic rings. The fraction of sp³-hybridized carbons (Fsp3) is 0.412. The van der Waals surface area contributed by atoms with E-state index < -0.39 is 11.7 Å². The number of halogens is 3. The third-order valence-corrected chi connectivity index (χ3v) is 4.01. The fourth-order valence-corrected chi connectivity index (χ4v) is 2.88. The van der Waals surface area contributed by atoms with Crippen molar-refractivity contribution in [2.45, 2.75) is 44.8 Å². The Hall–Kier alpha value is -2.31. The van der Waals surface area contributed by atoms with Crippen LogP contribution in [0.25, 0.3) is 0 Å². The summed E-state index contributed by atoms with van der Waals surface area (Å²) in [6.07, 6.45) is 0.257. The zero-order valence-electron chi connectivity index (χ0n) is 13.3. The van der Waals surface area contributed by atoms with Gasteiger partial charge in [0.05, 0.1) is 5.56 Å². The van der Waals surface area contributed by atoms with Gasteiger partial charge in [0, 0.05) is 23.5 Å². The predicted molar refractivity (Wildman–Crippen MR) is 87.4 cm³/mol. The molecule has 0 bridgehead atoms. The van der Waals surface area contributed by atoms with Gasteiger partial charge in [0.2, 0.25) is 5.95 Å². The van der Waals surface area contributed by atoms with Crippen molar-refractivity contribution >= 4 is 17.5 Å². The van der Waals surface area contributed by atoms with Crippen molar-refractivity contribution in [1.82, 2.24) is 9.97 Å². The number of rotatable bonds is 4. The van der Waals surface area contributed by atoms with Gasteiger partial charge in [-0.3, -0.25) is 0 Å². The van der Waals surface area contributed by atoms with Crippen molar-refractivity contribution in [3.63, 3.8) is 0 Å². The molecule has 0 amide bonds. The Morgan fingerprint density at radius 3 is 2.54 bits per heavy atom. The third-order valence-electron chi connectivity index (χ3n) is 4.01. The van der Waals surface area contributed by atoms with Crippen LogP contribution in [0.4, 0.5) is 30.6 Å². The number of aromatic nitrogens is 2. The highest BCUT2D eigenvalue weighted by Gasteiger charge is 2.30. The molecule has 0 unspecified atom stereocenters. The molecule has 1 aliphatic carbocycles. The number of hydrogen-bond acceptors (Lipinski definition) is 4. The van der Waals surface area contributed by atoms with Gasteiger partial charge in [0.1, 0.15) is 5.82 Å². The zero-order valence-corrected chi connectivity index (χ0v) is 13.3. The topological polar surface area (TPSA) is 49.8 Å². The Balaban J connectivity index is 1.78. The van der Waals surface area contributed by atoms with Crippen LogP contribution in [0, 0.1) is 6.92 Å². The molecule has 0 radical (unpaired) electrons. The molecule has 2 aromatic rings. The lowest BCUT2D eigenvalue weighted by Gasteiger charge is -2.15. The van der Waals surface area contributed by atoms with Gasteiger partial charge in [0.25, 0.3) is 0 Å². The minimum absolute atomic E-state index is 0.287. The Labute approximate surface area is 138 Å². The first-order chi connectivity index (χ1) is 11.4. The lowest BCUT2D eigenvalue weighted by atomic mass is 10.2. The van der Waals surface area contributed by atoms with Gasteiger partial charge in [-0.15, -0.1) is 0 Å². The number of nitrogens with one attached hydrogen (secondary N) is 2. The van der Waals surface area contributed by atoms with Gasteiger partial charge < -0.3 is 10.6 Å². The highest BCUT2D eigenvalue weighted by molar-refractivity contribution is 5.56. The third kappa shape index (κ3) is 4.15. The summed E-state index contributed by atoms with van der Waals surface area (Å²) in [4.78, 5) is 8.62. The number of hydrogen-bond donors (Lipinski definition) is 2. The average Bonchev–Trinajstić information content (AvgIpc) is 2.99. The second kappa shape index (κ2) is 6.67. The summed E-state index contributed by atoms with van der Waals surface area (Å²) in [5.74, 6) is 0.985. The summed E-state index contributed by atoms with van der Waals surface area (Å²) in [5, 5.41) is 6.23. The smallest absolute Gasteiger partial charge is 0.367 e. The van der Waals surface area contributed by atoms with E-state index in [1.807, 2.05) is 13.0 Å². The number of anilines is 3. The summed E-state index contributed by atoms with van der Waals surface area (Å²) in [7, 11) is 0. The van der Waals surface area contributed by atoms with Gasteiger partial charge in [0.15, 0.2) is 0 Å². The van der Waals surface area contributed by atoms with E-state index in [1.54, 1.807) is 6.07 Å². The summed E-state index contributed by atoms with van der Waals surface area (Å²) in [6.45, 7) is 1.83. The van der Waals surface area contributed by atoms with E-state index in [1.165, 1.54) is 18.9 Å². The lowest BCUT2D eigenvalue weighted by molar-refractivity contribution is -0.137. The lowest BCUT2D eigenvalue weighted by Crippen LogP contribution is -2.16. The van der Waals surface area contributed by atoms with E-state index >= 15 is 0 Å². The van der Waals surface area contributed by atoms with Crippen molar-refractivity contribution < 1.29 is 13.2 Å². The first kappa shape index (κ1) is 16.5. The summed E-state index contributed by atoms with van der Waals surface area (Å²) in [6, 6.07) is 7.26. The fourth-order valence-electron chi connectivity index (χ4n) is 2.88. The predicted octanol–water partition coefficient (Wildman–Crippen LogP) is 4.90. The molecule has 0 aliphatic heterocycles. The number of nitrogens with zero attached hydrogens (tertiary/aromatic N) is 2. The van der Waals surface area contributed by atoms with Gasteiger partial charge in [-0.2, -0.15) is 18.2 Å². The van der Waals surface area contributed by atoms with Crippen LogP contribution in [0.2, 0.25) is 0 Å². The van der Waals surface area contributed by atoms with Crippen LogP contribution >= 0.6 is 0 Å². The Bertz CT molecular complexity index is 709. The largest absolute Gasteiger partial charge is 0.416 e. The maximum atomic E-state index is 12.8. The molecule has 0 spiro atoms. The Morgan fingerprint density at radius 2 is 1.83 bits per heavy atom. The zero-order chi connectivity index (χ0) is 17.2. The van der Waals surface area contributed by atoms with E-state index in [9.17, 15) is 13.2 Å².